The topological polar surface area (TPSA) is 50.8 Å². The van der Waals surface area contributed by atoms with Crippen LogP contribution in [0.15, 0.2) is 24.3 Å². The van der Waals surface area contributed by atoms with Crippen molar-refractivity contribution in [1.29, 1.82) is 0 Å². The summed E-state index contributed by atoms with van der Waals surface area (Å²) >= 11 is 0. The van der Waals surface area contributed by atoms with Crippen molar-refractivity contribution in [3.8, 4) is 11.5 Å². The second-order valence-corrected chi connectivity index (χ2v) is 4.76. The molecule has 0 aliphatic carbocycles. The standard InChI is InChI=1S/C16H26N2O3/c1-4-6-12-18(3)16(19)17-11-13-21-15-9-7-14(8-10-15)20-5-2/h7-10H,4-6,11-13H2,1-3H3,(H,17,19). The lowest BCUT2D eigenvalue weighted by Gasteiger charge is -2.17. The summed E-state index contributed by atoms with van der Waals surface area (Å²) in [4.78, 5) is 13.4. The van der Waals surface area contributed by atoms with E-state index in [1.165, 1.54) is 0 Å². The van der Waals surface area contributed by atoms with Crippen molar-refractivity contribution in [2.45, 2.75) is 26.7 Å². The fourth-order valence-electron chi connectivity index (χ4n) is 1.76. The zero-order valence-corrected chi connectivity index (χ0v) is 13.2. The molecule has 0 atom stereocenters. The zero-order chi connectivity index (χ0) is 15.5. The average molecular weight is 294 g/mol. The number of ether oxygens (including phenoxy) is 2. The molecule has 2 amide bonds. The van der Waals surface area contributed by atoms with Gasteiger partial charge in [0.2, 0.25) is 0 Å². The Morgan fingerprint density at radius 1 is 1.14 bits per heavy atom. The molecule has 0 saturated heterocycles. The lowest BCUT2D eigenvalue weighted by atomic mass is 10.3. The lowest BCUT2D eigenvalue weighted by molar-refractivity contribution is 0.204. The number of benzene rings is 1. The number of nitrogens with one attached hydrogen (secondary N) is 1. The number of rotatable bonds is 9. The van der Waals surface area contributed by atoms with Gasteiger partial charge in [-0.25, -0.2) is 4.79 Å². The largest absolute Gasteiger partial charge is 0.494 e. The predicted molar refractivity (Wildman–Crippen MR) is 84.0 cm³/mol. The third kappa shape index (κ3) is 6.88. The van der Waals surface area contributed by atoms with E-state index >= 15 is 0 Å². The van der Waals surface area contributed by atoms with Crippen LogP contribution in [0, 0.1) is 0 Å². The first-order valence-corrected chi connectivity index (χ1v) is 7.52. The number of urea groups is 1. The number of carbonyl (C=O) groups is 1. The van der Waals surface area contributed by atoms with Crippen LogP contribution in [0.1, 0.15) is 26.7 Å². The predicted octanol–water partition coefficient (Wildman–Crippen LogP) is 2.91. The minimum absolute atomic E-state index is 0.0567. The molecule has 0 radical (unpaired) electrons. The third-order valence-electron chi connectivity index (χ3n) is 2.98. The van der Waals surface area contributed by atoms with Gasteiger partial charge in [0.15, 0.2) is 0 Å². The molecule has 0 unspecified atom stereocenters. The maximum Gasteiger partial charge on any atom is 0.317 e. The SMILES string of the molecule is CCCCN(C)C(=O)NCCOc1ccc(OCC)cc1. The molecule has 0 saturated carbocycles. The summed E-state index contributed by atoms with van der Waals surface area (Å²) in [5.74, 6) is 1.60. The van der Waals surface area contributed by atoms with Crippen LogP contribution in [0.2, 0.25) is 0 Å². The number of carbonyl (C=O) groups excluding carboxylic acids is 1. The molecular weight excluding hydrogens is 268 g/mol. The molecule has 1 aromatic rings. The van der Waals surface area contributed by atoms with Gasteiger partial charge >= 0.3 is 6.03 Å². The van der Waals surface area contributed by atoms with E-state index in [0.29, 0.717) is 19.8 Å². The molecule has 21 heavy (non-hydrogen) atoms. The quantitative estimate of drug-likeness (QED) is 0.712. The molecule has 0 heterocycles. The van der Waals surface area contributed by atoms with Gasteiger partial charge < -0.3 is 19.7 Å². The van der Waals surface area contributed by atoms with Gasteiger partial charge in [-0.3, -0.25) is 0 Å². The molecular formula is C16H26N2O3. The highest BCUT2D eigenvalue weighted by Crippen LogP contribution is 2.17. The Hall–Kier alpha value is -1.91. The smallest absolute Gasteiger partial charge is 0.317 e. The lowest BCUT2D eigenvalue weighted by Crippen LogP contribution is -2.39. The molecule has 1 rings (SSSR count). The Morgan fingerprint density at radius 2 is 1.76 bits per heavy atom. The normalized spacial score (nSPS) is 10.0. The summed E-state index contributed by atoms with van der Waals surface area (Å²) in [7, 11) is 1.80. The van der Waals surface area contributed by atoms with E-state index in [2.05, 4.69) is 12.2 Å². The molecule has 0 spiro atoms. The van der Waals surface area contributed by atoms with Crippen LogP contribution in [0.4, 0.5) is 4.79 Å². The van der Waals surface area contributed by atoms with Crippen molar-refractivity contribution < 1.29 is 14.3 Å². The molecule has 5 heteroatoms. The number of nitrogens with zero attached hydrogens (tertiary/aromatic N) is 1. The van der Waals surface area contributed by atoms with Crippen molar-refractivity contribution in [1.82, 2.24) is 10.2 Å². The molecule has 0 aliphatic rings. The zero-order valence-electron chi connectivity index (χ0n) is 13.2. The number of hydrogen-bond donors (Lipinski definition) is 1. The van der Waals surface area contributed by atoms with Gasteiger partial charge in [-0.1, -0.05) is 13.3 Å². The second-order valence-electron chi connectivity index (χ2n) is 4.76. The van der Waals surface area contributed by atoms with E-state index in [1.807, 2.05) is 31.2 Å². The number of hydrogen-bond acceptors (Lipinski definition) is 3. The van der Waals surface area contributed by atoms with Gasteiger partial charge in [-0.15, -0.1) is 0 Å². The summed E-state index contributed by atoms with van der Waals surface area (Å²) in [6, 6.07) is 7.41. The molecule has 0 aliphatic heterocycles. The monoisotopic (exact) mass is 294 g/mol. The average Bonchev–Trinajstić information content (AvgIpc) is 2.50. The maximum absolute atomic E-state index is 11.7. The summed E-state index contributed by atoms with van der Waals surface area (Å²) < 4.78 is 10.9. The van der Waals surface area contributed by atoms with Crippen molar-refractivity contribution in [3.05, 3.63) is 24.3 Å². The van der Waals surface area contributed by atoms with Gasteiger partial charge in [0.1, 0.15) is 18.1 Å². The van der Waals surface area contributed by atoms with Crippen molar-refractivity contribution >= 4 is 6.03 Å². The first-order chi connectivity index (χ1) is 10.2. The summed E-state index contributed by atoms with van der Waals surface area (Å²) in [5.41, 5.74) is 0. The first-order valence-electron chi connectivity index (χ1n) is 7.52. The highest BCUT2D eigenvalue weighted by atomic mass is 16.5. The van der Waals surface area contributed by atoms with Gasteiger partial charge in [-0.05, 0) is 37.6 Å². The van der Waals surface area contributed by atoms with Gasteiger partial charge in [0.25, 0.3) is 0 Å². The molecule has 5 nitrogen and oxygen atoms in total. The molecule has 0 aromatic heterocycles. The van der Waals surface area contributed by atoms with Gasteiger partial charge in [0.05, 0.1) is 13.2 Å². The fourth-order valence-corrected chi connectivity index (χ4v) is 1.76. The second kappa shape index (κ2) is 9.91. The molecule has 0 bridgehead atoms. The highest BCUT2D eigenvalue weighted by Gasteiger charge is 2.06. The molecule has 118 valence electrons. The van der Waals surface area contributed by atoms with Crippen LogP contribution in [0.5, 0.6) is 11.5 Å². The summed E-state index contributed by atoms with van der Waals surface area (Å²) in [6.45, 7) is 6.42. The van der Waals surface area contributed by atoms with E-state index in [1.54, 1.807) is 11.9 Å². The van der Waals surface area contributed by atoms with Gasteiger partial charge in [0, 0.05) is 13.6 Å². The van der Waals surface area contributed by atoms with Crippen LogP contribution in [-0.2, 0) is 0 Å². The van der Waals surface area contributed by atoms with Crippen molar-refractivity contribution in [3.63, 3.8) is 0 Å². The fraction of sp³-hybridized carbons (Fsp3) is 0.562. The highest BCUT2D eigenvalue weighted by molar-refractivity contribution is 5.73. The Bertz CT molecular complexity index is 406. The molecule has 1 aromatic carbocycles. The molecule has 0 fully saturated rings. The Kier molecular flexibility index (Phi) is 8.09. The molecule has 1 N–H and O–H groups in total. The summed E-state index contributed by atoms with van der Waals surface area (Å²) in [6.07, 6.45) is 2.10. The Balaban J connectivity index is 2.19. The van der Waals surface area contributed by atoms with E-state index < -0.39 is 0 Å². The minimum Gasteiger partial charge on any atom is -0.494 e. The maximum atomic E-state index is 11.7. The van der Waals surface area contributed by atoms with Crippen molar-refractivity contribution in [2.24, 2.45) is 0 Å². The van der Waals surface area contributed by atoms with Crippen LogP contribution in [0.3, 0.4) is 0 Å². The number of amides is 2. The van der Waals surface area contributed by atoms with E-state index in [9.17, 15) is 4.79 Å². The van der Waals surface area contributed by atoms with E-state index in [0.717, 1.165) is 30.9 Å². The van der Waals surface area contributed by atoms with Crippen LogP contribution < -0.4 is 14.8 Å². The van der Waals surface area contributed by atoms with E-state index in [4.69, 9.17) is 9.47 Å². The van der Waals surface area contributed by atoms with Crippen molar-refractivity contribution in [2.75, 3.05) is 33.4 Å². The van der Waals surface area contributed by atoms with Crippen LogP contribution >= 0.6 is 0 Å². The van der Waals surface area contributed by atoms with Gasteiger partial charge in [-0.2, -0.15) is 0 Å². The van der Waals surface area contributed by atoms with Crippen LogP contribution in [0.25, 0.3) is 0 Å². The summed E-state index contributed by atoms with van der Waals surface area (Å²) in [5, 5.41) is 2.83. The van der Waals surface area contributed by atoms with E-state index in [-0.39, 0.29) is 6.03 Å². The Labute approximate surface area is 127 Å². The van der Waals surface area contributed by atoms with Crippen LogP contribution in [-0.4, -0.2) is 44.3 Å². The first kappa shape index (κ1) is 17.1. The minimum atomic E-state index is -0.0567. The number of unbranched alkanes of at least 4 members (excludes halogenated alkanes) is 1. The Morgan fingerprint density at radius 3 is 2.33 bits per heavy atom. The third-order valence-corrected chi connectivity index (χ3v) is 2.98.